The molecule has 1 unspecified atom stereocenters. The van der Waals surface area contributed by atoms with Crippen molar-refractivity contribution in [1.82, 2.24) is 4.90 Å². The van der Waals surface area contributed by atoms with Gasteiger partial charge in [-0.15, -0.1) is 0 Å². The Labute approximate surface area is 98.8 Å². The van der Waals surface area contributed by atoms with Crippen molar-refractivity contribution in [2.45, 2.75) is 37.9 Å². The fourth-order valence-corrected chi connectivity index (χ4v) is 1.90. The third-order valence-corrected chi connectivity index (χ3v) is 3.16. The normalized spacial score (nSPS) is 18.8. The Hall–Kier alpha value is -0.800. The lowest BCUT2D eigenvalue weighted by molar-refractivity contribution is -0.165. The van der Waals surface area contributed by atoms with E-state index in [1.165, 1.54) is 6.07 Å². The van der Waals surface area contributed by atoms with Gasteiger partial charge in [-0.25, -0.2) is 0 Å². The predicted molar refractivity (Wildman–Crippen MR) is 56.1 cm³/mol. The molecule has 0 aromatic rings. The summed E-state index contributed by atoms with van der Waals surface area (Å²) in [5, 5.41) is 17.3. The zero-order valence-electron chi connectivity index (χ0n) is 9.58. The summed E-state index contributed by atoms with van der Waals surface area (Å²) >= 11 is 0. The van der Waals surface area contributed by atoms with Gasteiger partial charge in [-0.05, 0) is 19.3 Å². The topological polar surface area (TPSA) is 47.3 Å². The summed E-state index contributed by atoms with van der Waals surface area (Å²) in [5.41, 5.74) is 0. The second-order valence-corrected chi connectivity index (χ2v) is 4.38. The van der Waals surface area contributed by atoms with Crippen molar-refractivity contribution in [1.29, 1.82) is 5.26 Å². The minimum atomic E-state index is -4.46. The van der Waals surface area contributed by atoms with Gasteiger partial charge in [0.05, 0.1) is 6.07 Å². The fourth-order valence-electron chi connectivity index (χ4n) is 1.90. The van der Waals surface area contributed by atoms with Gasteiger partial charge in [-0.1, -0.05) is 6.42 Å². The number of hydrogen-bond acceptors (Lipinski definition) is 3. The van der Waals surface area contributed by atoms with Gasteiger partial charge in [-0.2, -0.15) is 18.4 Å². The molecule has 0 aliphatic heterocycles. The summed E-state index contributed by atoms with van der Waals surface area (Å²) in [5.74, 6) is -1.93. The zero-order valence-corrected chi connectivity index (χ0v) is 9.58. The van der Waals surface area contributed by atoms with Gasteiger partial charge in [-0.3, -0.25) is 4.90 Å². The Bertz CT molecular complexity index is 271. The van der Waals surface area contributed by atoms with Crippen LogP contribution in [0.5, 0.6) is 0 Å². The molecule has 1 fully saturated rings. The number of aliphatic hydroxyl groups excluding tert-OH is 1. The average molecular weight is 250 g/mol. The third-order valence-electron chi connectivity index (χ3n) is 3.16. The SMILES string of the molecule is N#CC(CN(CCCO)C1CCC1)C(F)(F)F. The van der Waals surface area contributed by atoms with Gasteiger partial charge in [0.15, 0.2) is 5.92 Å². The molecule has 1 aliphatic rings. The Morgan fingerprint density at radius 1 is 1.41 bits per heavy atom. The van der Waals surface area contributed by atoms with Gasteiger partial charge in [0.2, 0.25) is 0 Å². The minimum Gasteiger partial charge on any atom is -0.396 e. The van der Waals surface area contributed by atoms with Crippen LogP contribution < -0.4 is 0 Å². The van der Waals surface area contributed by atoms with Gasteiger partial charge in [0, 0.05) is 25.7 Å². The summed E-state index contributed by atoms with van der Waals surface area (Å²) < 4.78 is 37.5. The highest BCUT2D eigenvalue weighted by atomic mass is 19.4. The van der Waals surface area contributed by atoms with E-state index >= 15 is 0 Å². The molecule has 1 aliphatic carbocycles. The number of nitrogens with zero attached hydrogens (tertiary/aromatic N) is 2. The van der Waals surface area contributed by atoms with E-state index in [0.717, 1.165) is 19.3 Å². The fraction of sp³-hybridized carbons (Fsp3) is 0.909. The largest absolute Gasteiger partial charge is 0.405 e. The summed E-state index contributed by atoms with van der Waals surface area (Å²) in [7, 11) is 0. The maximum Gasteiger partial charge on any atom is 0.405 e. The highest BCUT2D eigenvalue weighted by molar-refractivity contribution is 4.93. The lowest BCUT2D eigenvalue weighted by Crippen LogP contribution is -2.45. The molecule has 0 saturated heterocycles. The second kappa shape index (κ2) is 6.22. The first kappa shape index (κ1) is 14.3. The number of aliphatic hydroxyl groups is 1. The second-order valence-electron chi connectivity index (χ2n) is 4.38. The van der Waals surface area contributed by atoms with E-state index in [2.05, 4.69) is 0 Å². The molecule has 1 rings (SSSR count). The Morgan fingerprint density at radius 2 is 2.06 bits per heavy atom. The molecule has 1 saturated carbocycles. The molecule has 6 heteroatoms. The zero-order chi connectivity index (χ0) is 12.9. The van der Waals surface area contributed by atoms with E-state index in [9.17, 15) is 13.2 Å². The standard InChI is InChI=1S/C11H17F3N2O/c12-11(13,14)9(7-15)8-16(5-2-6-17)10-3-1-4-10/h9-10,17H,1-6,8H2. The summed E-state index contributed by atoms with van der Waals surface area (Å²) in [6.45, 7) is 0.118. The maximum absolute atomic E-state index is 12.5. The monoisotopic (exact) mass is 250 g/mol. The Balaban J connectivity index is 2.54. The molecule has 0 amide bonds. The van der Waals surface area contributed by atoms with Gasteiger partial charge >= 0.3 is 6.18 Å². The number of alkyl halides is 3. The van der Waals surface area contributed by atoms with Gasteiger partial charge in [0.1, 0.15) is 0 Å². The van der Waals surface area contributed by atoms with Crippen LogP contribution >= 0.6 is 0 Å². The molecule has 0 radical (unpaired) electrons. The molecule has 0 spiro atoms. The van der Waals surface area contributed by atoms with Crippen LogP contribution in [0.4, 0.5) is 13.2 Å². The van der Waals surface area contributed by atoms with Crippen molar-refractivity contribution in [3.63, 3.8) is 0 Å². The highest BCUT2D eigenvalue weighted by Crippen LogP contribution is 2.30. The lowest BCUT2D eigenvalue weighted by Gasteiger charge is -2.38. The van der Waals surface area contributed by atoms with Gasteiger partial charge in [0.25, 0.3) is 0 Å². The number of nitriles is 1. The first-order chi connectivity index (χ1) is 7.99. The van der Waals surface area contributed by atoms with Crippen LogP contribution in [0.3, 0.4) is 0 Å². The van der Waals surface area contributed by atoms with Crippen LogP contribution in [0.25, 0.3) is 0 Å². The van der Waals surface area contributed by atoms with Crippen molar-refractivity contribution in [3.05, 3.63) is 0 Å². The molecule has 0 aromatic carbocycles. The smallest absolute Gasteiger partial charge is 0.396 e. The van der Waals surface area contributed by atoms with Crippen molar-refractivity contribution in [3.8, 4) is 6.07 Å². The predicted octanol–water partition coefficient (Wildman–Crippen LogP) is 1.93. The molecule has 0 aromatic heterocycles. The third kappa shape index (κ3) is 4.17. The first-order valence-electron chi connectivity index (χ1n) is 5.80. The number of hydrogen-bond donors (Lipinski definition) is 1. The summed E-state index contributed by atoms with van der Waals surface area (Å²) in [6, 6.07) is 1.48. The van der Waals surface area contributed by atoms with E-state index in [4.69, 9.17) is 10.4 Å². The van der Waals surface area contributed by atoms with Crippen LogP contribution in [-0.4, -0.2) is 41.9 Å². The molecule has 17 heavy (non-hydrogen) atoms. The van der Waals surface area contributed by atoms with E-state index in [0.29, 0.717) is 13.0 Å². The highest BCUT2D eigenvalue weighted by Gasteiger charge is 2.42. The van der Waals surface area contributed by atoms with Crippen LogP contribution in [0.15, 0.2) is 0 Å². The van der Waals surface area contributed by atoms with E-state index < -0.39 is 12.1 Å². The minimum absolute atomic E-state index is 0.0353. The van der Waals surface area contributed by atoms with Crippen LogP contribution in [-0.2, 0) is 0 Å². The number of rotatable bonds is 6. The summed E-state index contributed by atoms with van der Waals surface area (Å²) in [6.07, 6.45) is -1.20. The average Bonchev–Trinajstić information content (AvgIpc) is 2.17. The van der Waals surface area contributed by atoms with E-state index in [1.807, 2.05) is 0 Å². The van der Waals surface area contributed by atoms with Gasteiger partial charge < -0.3 is 5.11 Å². The van der Waals surface area contributed by atoms with Crippen molar-refractivity contribution < 1.29 is 18.3 Å². The molecular weight excluding hydrogens is 233 g/mol. The quantitative estimate of drug-likeness (QED) is 0.783. The Kier molecular flexibility index (Phi) is 5.22. The molecule has 3 nitrogen and oxygen atoms in total. The first-order valence-corrected chi connectivity index (χ1v) is 5.80. The van der Waals surface area contributed by atoms with Crippen LogP contribution in [0.1, 0.15) is 25.7 Å². The maximum atomic E-state index is 12.5. The van der Waals surface area contributed by atoms with Crippen molar-refractivity contribution in [2.24, 2.45) is 5.92 Å². The lowest BCUT2D eigenvalue weighted by atomic mass is 9.90. The molecule has 0 heterocycles. The molecular formula is C11H17F3N2O. The van der Waals surface area contributed by atoms with E-state index in [-0.39, 0.29) is 19.2 Å². The summed E-state index contributed by atoms with van der Waals surface area (Å²) in [4.78, 5) is 1.70. The Morgan fingerprint density at radius 3 is 2.41 bits per heavy atom. The van der Waals surface area contributed by atoms with Crippen molar-refractivity contribution >= 4 is 0 Å². The molecule has 0 bridgehead atoms. The van der Waals surface area contributed by atoms with Crippen LogP contribution in [0, 0.1) is 17.2 Å². The molecule has 1 atom stereocenters. The van der Waals surface area contributed by atoms with E-state index in [1.54, 1.807) is 4.90 Å². The van der Waals surface area contributed by atoms with Crippen molar-refractivity contribution in [2.75, 3.05) is 19.7 Å². The molecule has 1 N–H and O–H groups in total. The van der Waals surface area contributed by atoms with Crippen LogP contribution in [0.2, 0.25) is 0 Å². The molecule has 98 valence electrons. The number of halogens is 3.